The fourth-order valence-corrected chi connectivity index (χ4v) is 2.93. The molecule has 3 aromatic rings. The van der Waals surface area contributed by atoms with Gasteiger partial charge >= 0.3 is 0 Å². The molecule has 0 bridgehead atoms. The van der Waals surface area contributed by atoms with Crippen molar-refractivity contribution < 1.29 is 18.9 Å². The molecule has 0 spiro atoms. The molecule has 1 aromatic heterocycles. The molecule has 0 unspecified atom stereocenters. The van der Waals surface area contributed by atoms with E-state index in [1.54, 1.807) is 48.5 Å². The van der Waals surface area contributed by atoms with Crippen molar-refractivity contribution in [1.29, 1.82) is 0 Å². The van der Waals surface area contributed by atoms with E-state index in [-0.39, 0.29) is 17.5 Å². The van der Waals surface area contributed by atoms with Crippen molar-refractivity contribution >= 4 is 29.5 Å². The minimum Gasteiger partial charge on any atom is -0.457 e. The first-order valence-electron chi connectivity index (χ1n) is 9.93. The van der Waals surface area contributed by atoms with Gasteiger partial charge in [0.05, 0.1) is 27.2 Å². The van der Waals surface area contributed by atoms with Crippen molar-refractivity contribution in [2.75, 3.05) is 27.2 Å². The maximum absolute atomic E-state index is 12.8. The molecule has 160 valence electrons. The quantitative estimate of drug-likeness (QED) is 0.473. The number of hydrogen-bond donors (Lipinski definition) is 3. The van der Waals surface area contributed by atoms with E-state index >= 15 is 0 Å². The van der Waals surface area contributed by atoms with Crippen molar-refractivity contribution in [2.45, 2.75) is 0 Å². The lowest BCUT2D eigenvalue weighted by Gasteiger charge is -2.12. The standard InChI is InChI=1S/C24H24ClN3O3/c1-28(2)15-14-26-24(30)21(27-23(29)18-6-4-3-5-7-18)16-20-12-13-22(31-20)17-8-10-19(25)11-9-17/h3-13,16H,14-15H2,1-2H3,(H,26,30)(H,27,29)/p+1/b21-16-. The van der Waals surface area contributed by atoms with Crippen molar-refractivity contribution in [1.82, 2.24) is 10.6 Å². The molecular weight excluding hydrogens is 414 g/mol. The highest BCUT2D eigenvalue weighted by atomic mass is 35.5. The highest BCUT2D eigenvalue weighted by molar-refractivity contribution is 6.30. The summed E-state index contributed by atoms with van der Waals surface area (Å²) in [5.41, 5.74) is 1.43. The zero-order valence-corrected chi connectivity index (χ0v) is 18.2. The third-order valence-electron chi connectivity index (χ3n) is 4.48. The van der Waals surface area contributed by atoms with Gasteiger partial charge in [-0.25, -0.2) is 0 Å². The number of furan rings is 1. The van der Waals surface area contributed by atoms with Gasteiger partial charge in [-0.1, -0.05) is 29.8 Å². The summed E-state index contributed by atoms with van der Waals surface area (Å²) < 4.78 is 5.87. The summed E-state index contributed by atoms with van der Waals surface area (Å²) in [6, 6.07) is 19.5. The van der Waals surface area contributed by atoms with Gasteiger partial charge in [-0.15, -0.1) is 0 Å². The van der Waals surface area contributed by atoms with Crippen LogP contribution in [0, 0.1) is 0 Å². The van der Waals surface area contributed by atoms with Gasteiger partial charge in [0.15, 0.2) is 0 Å². The van der Waals surface area contributed by atoms with Crippen LogP contribution in [0.5, 0.6) is 0 Å². The van der Waals surface area contributed by atoms with E-state index in [2.05, 4.69) is 10.6 Å². The molecule has 0 aliphatic carbocycles. The van der Waals surface area contributed by atoms with E-state index < -0.39 is 0 Å². The molecule has 31 heavy (non-hydrogen) atoms. The molecule has 3 rings (SSSR count). The molecule has 3 N–H and O–H groups in total. The minimum absolute atomic E-state index is 0.111. The molecular formula is C24H25ClN3O3+. The molecule has 0 fully saturated rings. The second kappa shape index (κ2) is 10.6. The summed E-state index contributed by atoms with van der Waals surface area (Å²) in [4.78, 5) is 26.6. The van der Waals surface area contributed by atoms with Gasteiger partial charge in [0.1, 0.15) is 17.2 Å². The van der Waals surface area contributed by atoms with Crippen molar-refractivity contribution in [3.8, 4) is 11.3 Å². The number of rotatable bonds is 8. The third kappa shape index (κ3) is 6.57. The van der Waals surface area contributed by atoms with E-state index in [4.69, 9.17) is 16.0 Å². The number of amides is 2. The summed E-state index contributed by atoms with van der Waals surface area (Å²) in [5, 5.41) is 6.18. The summed E-state index contributed by atoms with van der Waals surface area (Å²) in [7, 11) is 4.00. The van der Waals surface area contributed by atoms with Crippen LogP contribution in [0.2, 0.25) is 5.02 Å². The summed E-state index contributed by atoms with van der Waals surface area (Å²) in [5.74, 6) is 0.328. The number of hydrogen-bond acceptors (Lipinski definition) is 3. The zero-order valence-electron chi connectivity index (χ0n) is 17.4. The molecule has 7 heteroatoms. The first-order valence-corrected chi connectivity index (χ1v) is 10.3. The van der Waals surface area contributed by atoms with Gasteiger partial charge in [0.2, 0.25) is 0 Å². The largest absolute Gasteiger partial charge is 0.457 e. The molecule has 0 aliphatic heterocycles. The number of carbonyl (C=O) groups excluding carboxylic acids is 2. The van der Waals surface area contributed by atoms with Gasteiger partial charge in [0, 0.05) is 22.2 Å². The Morgan fingerprint density at radius 2 is 1.71 bits per heavy atom. The molecule has 1 heterocycles. The lowest BCUT2D eigenvalue weighted by molar-refractivity contribution is -0.856. The molecule has 0 aliphatic rings. The fraction of sp³-hybridized carbons (Fsp3) is 0.167. The van der Waals surface area contributed by atoms with Crippen LogP contribution in [0.25, 0.3) is 17.4 Å². The first kappa shape index (κ1) is 22.3. The van der Waals surface area contributed by atoms with E-state index in [1.807, 2.05) is 32.3 Å². The maximum atomic E-state index is 12.8. The molecule has 6 nitrogen and oxygen atoms in total. The van der Waals surface area contributed by atoms with Crippen LogP contribution in [-0.4, -0.2) is 39.0 Å². The lowest BCUT2D eigenvalue weighted by Crippen LogP contribution is -3.06. The second-order valence-electron chi connectivity index (χ2n) is 7.30. The van der Waals surface area contributed by atoms with E-state index in [0.29, 0.717) is 28.7 Å². The fourth-order valence-electron chi connectivity index (χ4n) is 2.81. The topological polar surface area (TPSA) is 75.8 Å². The van der Waals surface area contributed by atoms with Crippen LogP contribution in [0.3, 0.4) is 0 Å². The van der Waals surface area contributed by atoms with Crippen molar-refractivity contribution in [2.24, 2.45) is 0 Å². The van der Waals surface area contributed by atoms with Crippen LogP contribution < -0.4 is 15.5 Å². The second-order valence-corrected chi connectivity index (χ2v) is 7.74. The predicted molar refractivity (Wildman–Crippen MR) is 122 cm³/mol. The molecule has 2 aromatic carbocycles. The smallest absolute Gasteiger partial charge is 0.268 e. The zero-order chi connectivity index (χ0) is 22.2. The molecule has 0 atom stereocenters. The maximum Gasteiger partial charge on any atom is 0.268 e. The first-order chi connectivity index (χ1) is 14.9. The predicted octanol–water partition coefficient (Wildman–Crippen LogP) is 2.63. The van der Waals surface area contributed by atoms with Crippen LogP contribution in [0.4, 0.5) is 0 Å². The number of quaternary nitrogens is 1. The van der Waals surface area contributed by atoms with Gasteiger partial charge in [-0.3, -0.25) is 9.59 Å². The normalized spacial score (nSPS) is 11.4. The van der Waals surface area contributed by atoms with Crippen molar-refractivity contribution in [3.63, 3.8) is 0 Å². The van der Waals surface area contributed by atoms with Crippen LogP contribution in [0.15, 0.2) is 76.8 Å². The number of nitrogens with one attached hydrogen (secondary N) is 3. The SMILES string of the molecule is C[NH+](C)CCNC(=O)/C(=C/c1ccc(-c2ccc(Cl)cc2)o1)NC(=O)c1ccccc1. The van der Waals surface area contributed by atoms with E-state index in [9.17, 15) is 9.59 Å². The third-order valence-corrected chi connectivity index (χ3v) is 4.73. The Morgan fingerprint density at radius 1 is 1.00 bits per heavy atom. The van der Waals surface area contributed by atoms with Gasteiger partial charge < -0.3 is 20.0 Å². The molecule has 0 saturated carbocycles. The number of halogens is 1. The Kier molecular flexibility index (Phi) is 7.65. The Morgan fingerprint density at radius 3 is 2.39 bits per heavy atom. The Hall–Kier alpha value is -3.35. The number of benzene rings is 2. The van der Waals surface area contributed by atoms with Gasteiger partial charge in [0.25, 0.3) is 11.8 Å². The van der Waals surface area contributed by atoms with Crippen LogP contribution in [-0.2, 0) is 4.79 Å². The number of carbonyl (C=O) groups is 2. The van der Waals surface area contributed by atoms with Gasteiger partial charge in [-0.05, 0) is 48.5 Å². The summed E-state index contributed by atoms with van der Waals surface area (Å²) in [6.45, 7) is 1.24. The monoisotopic (exact) mass is 438 g/mol. The highest BCUT2D eigenvalue weighted by Gasteiger charge is 2.16. The lowest BCUT2D eigenvalue weighted by atomic mass is 10.2. The average molecular weight is 439 g/mol. The molecule has 2 amide bonds. The minimum atomic E-state index is -0.380. The van der Waals surface area contributed by atoms with Gasteiger partial charge in [-0.2, -0.15) is 0 Å². The van der Waals surface area contributed by atoms with Crippen molar-refractivity contribution in [3.05, 3.63) is 88.8 Å². The summed E-state index contributed by atoms with van der Waals surface area (Å²) in [6.07, 6.45) is 1.53. The van der Waals surface area contributed by atoms with Crippen LogP contribution >= 0.6 is 11.6 Å². The number of likely N-dealkylation sites (N-methyl/N-ethyl adjacent to an activating group) is 1. The average Bonchev–Trinajstić information content (AvgIpc) is 3.22. The molecule has 0 radical (unpaired) electrons. The summed E-state index contributed by atoms with van der Waals surface area (Å²) >= 11 is 5.94. The molecule has 0 saturated heterocycles. The highest BCUT2D eigenvalue weighted by Crippen LogP contribution is 2.24. The Balaban J connectivity index is 1.82. The van der Waals surface area contributed by atoms with E-state index in [1.165, 1.54) is 11.0 Å². The Labute approximate surface area is 186 Å². The Bertz CT molecular complexity index is 1060. The van der Waals surface area contributed by atoms with Crippen LogP contribution in [0.1, 0.15) is 16.1 Å². The van der Waals surface area contributed by atoms with E-state index in [0.717, 1.165) is 12.1 Å².